The summed E-state index contributed by atoms with van der Waals surface area (Å²) in [5.41, 5.74) is 0.906. The van der Waals surface area contributed by atoms with Gasteiger partial charge in [0.25, 0.3) is 0 Å². The minimum atomic E-state index is -3.72. The van der Waals surface area contributed by atoms with Gasteiger partial charge in [-0.15, -0.1) is 0 Å². The molecule has 8 heteroatoms. The molecule has 0 unspecified atom stereocenters. The summed E-state index contributed by atoms with van der Waals surface area (Å²) < 4.78 is 31.8. The number of hydrogen-bond acceptors (Lipinski definition) is 5. The number of halogens is 1. The number of nitrogens with one attached hydrogen (secondary N) is 1. The van der Waals surface area contributed by atoms with Gasteiger partial charge in [-0.1, -0.05) is 29.8 Å². The molecule has 0 saturated carbocycles. The van der Waals surface area contributed by atoms with Gasteiger partial charge in [-0.05, 0) is 37.3 Å². The summed E-state index contributed by atoms with van der Waals surface area (Å²) in [5.74, 6) is -0.584. The van der Waals surface area contributed by atoms with Gasteiger partial charge >= 0.3 is 5.97 Å². The molecule has 6 nitrogen and oxygen atoms in total. The maximum atomic E-state index is 12.2. The lowest BCUT2D eigenvalue weighted by Crippen LogP contribution is -2.24. The normalized spacial score (nSPS) is 12.2. The van der Waals surface area contributed by atoms with Crippen LogP contribution >= 0.6 is 11.6 Å². The van der Waals surface area contributed by atoms with Crippen LogP contribution in [-0.2, 0) is 14.8 Å². The predicted octanol–water partition coefficient (Wildman–Crippen LogP) is 3.45. The van der Waals surface area contributed by atoms with Crippen molar-refractivity contribution < 1.29 is 17.9 Å². The third-order valence-electron chi connectivity index (χ3n) is 3.56. The van der Waals surface area contributed by atoms with Crippen molar-refractivity contribution >= 4 is 27.6 Å². The Kier molecular flexibility index (Phi) is 6.75. The number of benzene rings is 2. The van der Waals surface area contributed by atoms with E-state index in [2.05, 4.69) is 4.72 Å². The predicted molar refractivity (Wildman–Crippen MR) is 97.1 cm³/mol. The zero-order valence-corrected chi connectivity index (χ0v) is 15.5. The first-order valence-electron chi connectivity index (χ1n) is 7.77. The Bertz CT molecular complexity index is 921. The van der Waals surface area contributed by atoms with E-state index in [0.29, 0.717) is 10.6 Å². The van der Waals surface area contributed by atoms with Crippen LogP contribution in [0.25, 0.3) is 0 Å². The lowest BCUT2D eigenvalue weighted by Gasteiger charge is -2.15. The molecule has 0 aromatic heterocycles. The molecule has 0 bridgehead atoms. The fourth-order valence-electron chi connectivity index (χ4n) is 2.19. The monoisotopic (exact) mass is 392 g/mol. The van der Waals surface area contributed by atoms with Gasteiger partial charge in [-0.2, -0.15) is 5.26 Å². The van der Waals surface area contributed by atoms with E-state index in [0.717, 1.165) is 0 Å². The largest absolute Gasteiger partial charge is 0.454 e. The molecule has 0 fully saturated rings. The molecular formula is C18H17ClN2O4S. The van der Waals surface area contributed by atoms with Crippen LogP contribution in [0, 0.1) is 11.3 Å². The van der Waals surface area contributed by atoms with Crippen molar-refractivity contribution in [3.05, 3.63) is 64.7 Å². The molecule has 0 heterocycles. The van der Waals surface area contributed by atoms with Crippen LogP contribution in [0.4, 0.5) is 0 Å². The Morgan fingerprint density at radius 2 is 1.88 bits per heavy atom. The van der Waals surface area contributed by atoms with Crippen molar-refractivity contribution in [3.8, 4) is 6.07 Å². The molecule has 0 aliphatic rings. The smallest absolute Gasteiger partial charge is 0.338 e. The van der Waals surface area contributed by atoms with Crippen molar-refractivity contribution in [1.82, 2.24) is 4.72 Å². The van der Waals surface area contributed by atoms with Crippen LogP contribution in [0.2, 0.25) is 5.02 Å². The molecule has 26 heavy (non-hydrogen) atoms. The Morgan fingerprint density at radius 1 is 1.23 bits per heavy atom. The van der Waals surface area contributed by atoms with Crippen molar-refractivity contribution in [2.75, 3.05) is 6.54 Å². The lowest BCUT2D eigenvalue weighted by atomic mass is 10.1. The summed E-state index contributed by atoms with van der Waals surface area (Å²) in [6.07, 6.45) is -0.476. The maximum Gasteiger partial charge on any atom is 0.338 e. The van der Waals surface area contributed by atoms with E-state index >= 15 is 0 Å². The Morgan fingerprint density at radius 3 is 2.50 bits per heavy atom. The Hall–Kier alpha value is -2.40. The first-order valence-corrected chi connectivity index (χ1v) is 9.63. The number of rotatable bonds is 7. The van der Waals surface area contributed by atoms with Gasteiger partial charge in [-0.25, -0.2) is 17.9 Å². The molecule has 0 amide bonds. The second-order valence-electron chi connectivity index (χ2n) is 5.40. The number of hydrogen-bond donors (Lipinski definition) is 1. The van der Waals surface area contributed by atoms with Crippen molar-refractivity contribution in [2.45, 2.75) is 24.3 Å². The summed E-state index contributed by atoms with van der Waals surface area (Å²) in [4.78, 5) is 12.3. The third-order valence-corrected chi connectivity index (χ3v) is 5.38. The molecule has 2 aromatic carbocycles. The molecule has 1 atom stereocenters. The Balaban J connectivity index is 2.07. The van der Waals surface area contributed by atoms with Gasteiger partial charge in [0, 0.05) is 23.6 Å². The second kappa shape index (κ2) is 8.81. The molecule has 0 aliphatic carbocycles. The quantitative estimate of drug-likeness (QED) is 0.575. The average Bonchev–Trinajstić information content (AvgIpc) is 2.62. The van der Waals surface area contributed by atoms with Crippen molar-refractivity contribution in [3.63, 3.8) is 0 Å². The summed E-state index contributed by atoms with van der Waals surface area (Å²) in [5, 5.41) is 8.96. The fourth-order valence-corrected chi connectivity index (χ4v) is 3.51. The second-order valence-corrected chi connectivity index (χ2v) is 7.57. The summed E-state index contributed by atoms with van der Waals surface area (Å²) in [6.45, 7) is 1.73. The van der Waals surface area contributed by atoms with Crippen LogP contribution < -0.4 is 4.72 Å². The van der Waals surface area contributed by atoms with Gasteiger partial charge in [0.15, 0.2) is 0 Å². The summed E-state index contributed by atoms with van der Waals surface area (Å²) in [6, 6.07) is 14.3. The van der Waals surface area contributed by atoms with Gasteiger partial charge < -0.3 is 4.74 Å². The van der Waals surface area contributed by atoms with E-state index in [9.17, 15) is 13.2 Å². The molecule has 1 N–H and O–H groups in total. The van der Waals surface area contributed by atoms with Crippen molar-refractivity contribution in [2.24, 2.45) is 0 Å². The van der Waals surface area contributed by atoms with E-state index in [1.54, 1.807) is 31.2 Å². The topological polar surface area (TPSA) is 96.3 Å². The molecule has 0 aliphatic heterocycles. The number of carbonyl (C=O) groups excluding carboxylic acids is 1. The minimum Gasteiger partial charge on any atom is -0.454 e. The maximum absolute atomic E-state index is 12.2. The van der Waals surface area contributed by atoms with Gasteiger partial charge in [0.1, 0.15) is 6.10 Å². The first kappa shape index (κ1) is 19.9. The van der Waals surface area contributed by atoms with Crippen LogP contribution in [0.3, 0.4) is 0 Å². The summed E-state index contributed by atoms with van der Waals surface area (Å²) >= 11 is 6.09. The molecule has 0 spiro atoms. The zero-order valence-electron chi connectivity index (χ0n) is 14.0. The highest BCUT2D eigenvalue weighted by molar-refractivity contribution is 7.89. The minimum absolute atomic E-state index is 0.00569. The van der Waals surface area contributed by atoms with Crippen LogP contribution in [0.15, 0.2) is 53.4 Å². The highest BCUT2D eigenvalue weighted by atomic mass is 35.5. The first-order chi connectivity index (χ1) is 12.3. The van der Waals surface area contributed by atoms with Gasteiger partial charge in [0.2, 0.25) is 10.0 Å². The average molecular weight is 393 g/mol. The van der Waals surface area contributed by atoms with Crippen molar-refractivity contribution in [1.29, 1.82) is 5.26 Å². The van der Waals surface area contributed by atoms with Gasteiger partial charge in [-0.3, -0.25) is 0 Å². The number of esters is 1. The summed E-state index contributed by atoms with van der Waals surface area (Å²) in [7, 11) is -3.72. The molecule has 0 radical (unpaired) electrons. The zero-order chi connectivity index (χ0) is 19.2. The number of ether oxygens (including phenoxy) is 1. The van der Waals surface area contributed by atoms with E-state index < -0.39 is 22.1 Å². The number of nitriles is 1. The van der Waals surface area contributed by atoms with Gasteiger partial charge in [0.05, 0.1) is 16.5 Å². The molecule has 0 saturated heterocycles. The standard InChI is InChI=1S/C18H17ClN2O4S/c1-13(16-5-2-3-6-17(16)19)25-18(22)14-7-9-15(10-8-14)26(23,24)21-12-4-11-20/h2-3,5-10,13,21H,4,12H2,1H3/t13-/m0/s1. The SMILES string of the molecule is C[C@H](OC(=O)c1ccc(S(=O)(=O)NCCC#N)cc1)c1ccccc1Cl. The molecular weight excluding hydrogens is 376 g/mol. The van der Waals surface area contributed by atoms with E-state index in [1.807, 2.05) is 6.07 Å². The number of nitrogens with zero attached hydrogens (tertiary/aromatic N) is 1. The number of sulfonamides is 1. The lowest BCUT2D eigenvalue weighted by molar-refractivity contribution is 0.0338. The number of carbonyl (C=O) groups is 1. The van der Waals surface area contributed by atoms with Crippen LogP contribution in [-0.4, -0.2) is 20.9 Å². The molecule has 2 aromatic rings. The third kappa shape index (κ3) is 5.05. The van der Waals surface area contributed by atoms with Crippen LogP contribution in [0.1, 0.15) is 35.4 Å². The molecule has 2 rings (SSSR count). The van der Waals surface area contributed by atoms with E-state index in [4.69, 9.17) is 21.6 Å². The highest BCUT2D eigenvalue weighted by Crippen LogP contribution is 2.26. The van der Waals surface area contributed by atoms with E-state index in [1.165, 1.54) is 24.3 Å². The van der Waals surface area contributed by atoms with Crippen LogP contribution in [0.5, 0.6) is 0 Å². The Labute approximate surface area is 157 Å². The van der Waals surface area contributed by atoms with E-state index in [-0.39, 0.29) is 23.4 Å². The highest BCUT2D eigenvalue weighted by Gasteiger charge is 2.18. The molecule has 136 valence electrons. The fraction of sp³-hybridized carbons (Fsp3) is 0.222.